The summed E-state index contributed by atoms with van der Waals surface area (Å²) in [5.41, 5.74) is 3.75. The highest BCUT2D eigenvalue weighted by Crippen LogP contribution is 2.23. The highest BCUT2D eigenvalue weighted by molar-refractivity contribution is 8.01. The van der Waals surface area contributed by atoms with E-state index in [0.717, 1.165) is 17.0 Å². The average molecular weight is 435 g/mol. The Morgan fingerprint density at radius 1 is 0.839 bits per heavy atom. The van der Waals surface area contributed by atoms with Crippen LogP contribution >= 0.6 is 11.8 Å². The molecule has 0 aliphatic heterocycles. The van der Waals surface area contributed by atoms with Crippen LogP contribution in [0.15, 0.2) is 72.8 Å². The zero-order valence-corrected chi connectivity index (χ0v) is 18.7. The van der Waals surface area contributed by atoms with E-state index < -0.39 is 0 Å². The lowest BCUT2D eigenvalue weighted by Crippen LogP contribution is -2.25. The summed E-state index contributed by atoms with van der Waals surface area (Å²) in [5, 5.41) is 5.38. The average Bonchev–Trinajstić information content (AvgIpc) is 2.76. The van der Waals surface area contributed by atoms with Crippen LogP contribution in [0, 0.1) is 13.8 Å². The Balaban J connectivity index is 1.45. The number of carbonyl (C=O) groups excluding carboxylic acids is 2. The third-order valence-corrected chi connectivity index (χ3v) is 5.87. The van der Waals surface area contributed by atoms with Gasteiger partial charge in [0.15, 0.2) is 0 Å². The van der Waals surface area contributed by atoms with Crippen LogP contribution in [0.3, 0.4) is 0 Å². The number of aryl methyl sites for hydroxylation is 2. The van der Waals surface area contributed by atoms with Crippen molar-refractivity contribution >= 4 is 35.0 Å². The number of para-hydroxylation sites is 1. The largest absolute Gasteiger partial charge is 0.457 e. The number of hydrogen-bond acceptors (Lipinski definition) is 4. The molecular weight excluding hydrogens is 408 g/mol. The van der Waals surface area contributed by atoms with Crippen LogP contribution in [-0.2, 0) is 9.59 Å². The SMILES string of the molecule is Cc1ccc(NC(=O)CSC(C)C(=O)Nc2ccc(Oc3ccccc3)cc2)cc1C. The Bertz CT molecular complexity index is 1040. The predicted octanol–water partition coefficient (Wildman–Crippen LogP) is 5.79. The summed E-state index contributed by atoms with van der Waals surface area (Å²) >= 11 is 1.29. The van der Waals surface area contributed by atoms with Crippen LogP contribution in [0.4, 0.5) is 11.4 Å². The number of carbonyl (C=O) groups is 2. The maximum Gasteiger partial charge on any atom is 0.237 e. The van der Waals surface area contributed by atoms with Gasteiger partial charge in [-0.3, -0.25) is 9.59 Å². The zero-order chi connectivity index (χ0) is 22.2. The fraction of sp³-hybridized carbons (Fsp3) is 0.200. The Hall–Kier alpha value is -3.25. The number of thioether (sulfide) groups is 1. The summed E-state index contributed by atoms with van der Waals surface area (Å²) in [7, 11) is 0. The van der Waals surface area contributed by atoms with E-state index in [1.165, 1.54) is 17.3 Å². The summed E-state index contributed by atoms with van der Waals surface area (Å²) in [5.74, 6) is 1.36. The lowest BCUT2D eigenvalue weighted by molar-refractivity contribution is -0.115. The van der Waals surface area contributed by atoms with Gasteiger partial charge < -0.3 is 15.4 Å². The monoisotopic (exact) mass is 434 g/mol. The van der Waals surface area contributed by atoms with Crippen molar-refractivity contribution in [2.45, 2.75) is 26.0 Å². The van der Waals surface area contributed by atoms with Gasteiger partial charge in [0.2, 0.25) is 11.8 Å². The molecule has 2 N–H and O–H groups in total. The van der Waals surface area contributed by atoms with Gasteiger partial charge in [-0.2, -0.15) is 0 Å². The summed E-state index contributed by atoms with van der Waals surface area (Å²) in [6.45, 7) is 5.82. The standard InChI is InChI=1S/C25H26N2O3S/c1-17-9-10-21(15-18(17)2)26-24(28)16-31-19(3)25(29)27-20-11-13-23(14-12-20)30-22-7-5-4-6-8-22/h4-15,19H,16H2,1-3H3,(H,26,28)(H,27,29). The summed E-state index contributed by atoms with van der Waals surface area (Å²) in [4.78, 5) is 24.7. The van der Waals surface area contributed by atoms with E-state index in [2.05, 4.69) is 10.6 Å². The quantitative estimate of drug-likeness (QED) is 0.471. The zero-order valence-electron chi connectivity index (χ0n) is 17.8. The van der Waals surface area contributed by atoms with Crippen LogP contribution in [0.5, 0.6) is 11.5 Å². The molecule has 3 aromatic rings. The van der Waals surface area contributed by atoms with Gasteiger partial charge in [-0.25, -0.2) is 0 Å². The first-order valence-electron chi connectivity index (χ1n) is 10.0. The Morgan fingerprint density at radius 3 is 2.16 bits per heavy atom. The molecule has 0 bridgehead atoms. The molecule has 3 rings (SSSR count). The molecule has 1 atom stereocenters. The Morgan fingerprint density at radius 2 is 1.48 bits per heavy atom. The van der Waals surface area contributed by atoms with Crippen LogP contribution in [-0.4, -0.2) is 22.8 Å². The normalized spacial score (nSPS) is 11.5. The van der Waals surface area contributed by atoms with Crippen molar-refractivity contribution in [3.05, 3.63) is 83.9 Å². The molecule has 0 heterocycles. The van der Waals surface area contributed by atoms with Crippen molar-refractivity contribution < 1.29 is 14.3 Å². The van der Waals surface area contributed by atoms with E-state index >= 15 is 0 Å². The minimum absolute atomic E-state index is 0.129. The molecule has 2 amide bonds. The van der Waals surface area contributed by atoms with Crippen LogP contribution < -0.4 is 15.4 Å². The number of benzene rings is 3. The van der Waals surface area contributed by atoms with E-state index in [0.29, 0.717) is 11.4 Å². The number of hydrogen-bond donors (Lipinski definition) is 2. The van der Waals surface area contributed by atoms with E-state index in [1.807, 2.05) is 62.4 Å². The van der Waals surface area contributed by atoms with Crippen molar-refractivity contribution in [2.24, 2.45) is 0 Å². The first-order valence-corrected chi connectivity index (χ1v) is 11.1. The third-order valence-electron chi connectivity index (χ3n) is 4.73. The van der Waals surface area contributed by atoms with E-state index in [-0.39, 0.29) is 22.8 Å². The van der Waals surface area contributed by atoms with Crippen molar-refractivity contribution in [2.75, 3.05) is 16.4 Å². The van der Waals surface area contributed by atoms with Crippen molar-refractivity contribution in [3.63, 3.8) is 0 Å². The molecular formula is C25H26N2O3S. The fourth-order valence-electron chi connectivity index (χ4n) is 2.77. The fourth-order valence-corrected chi connectivity index (χ4v) is 3.45. The van der Waals surface area contributed by atoms with Crippen LogP contribution in [0.25, 0.3) is 0 Å². The first-order chi connectivity index (χ1) is 14.9. The first kappa shape index (κ1) is 22.4. The summed E-state index contributed by atoms with van der Waals surface area (Å²) in [6, 6.07) is 22.5. The topological polar surface area (TPSA) is 67.4 Å². The van der Waals surface area contributed by atoms with Gasteiger partial charge >= 0.3 is 0 Å². The second kappa shape index (κ2) is 10.7. The van der Waals surface area contributed by atoms with Crippen molar-refractivity contribution in [3.8, 4) is 11.5 Å². The van der Waals surface area contributed by atoms with Crippen molar-refractivity contribution in [1.82, 2.24) is 0 Å². The molecule has 0 aliphatic rings. The summed E-state index contributed by atoms with van der Waals surface area (Å²) in [6.07, 6.45) is 0. The maximum atomic E-state index is 12.4. The molecule has 0 fully saturated rings. The van der Waals surface area contributed by atoms with Gasteiger partial charge in [0.25, 0.3) is 0 Å². The Kier molecular flexibility index (Phi) is 7.73. The lowest BCUT2D eigenvalue weighted by atomic mass is 10.1. The second-order valence-electron chi connectivity index (χ2n) is 7.23. The van der Waals surface area contributed by atoms with Gasteiger partial charge in [0, 0.05) is 11.4 Å². The lowest BCUT2D eigenvalue weighted by Gasteiger charge is -2.13. The molecule has 0 aromatic heterocycles. The minimum Gasteiger partial charge on any atom is -0.457 e. The molecule has 0 saturated carbocycles. The summed E-state index contributed by atoms with van der Waals surface area (Å²) < 4.78 is 5.75. The van der Waals surface area contributed by atoms with E-state index in [1.54, 1.807) is 31.2 Å². The molecule has 0 radical (unpaired) electrons. The molecule has 5 nitrogen and oxygen atoms in total. The van der Waals surface area contributed by atoms with Gasteiger partial charge in [-0.05, 0) is 80.4 Å². The van der Waals surface area contributed by atoms with Gasteiger partial charge in [-0.15, -0.1) is 11.8 Å². The number of anilines is 2. The molecule has 3 aromatic carbocycles. The Labute approximate surface area is 187 Å². The van der Waals surface area contributed by atoms with Crippen LogP contribution in [0.2, 0.25) is 0 Å². The molecule has 160 valence electrons. The highest BCUT2D eigenvalue weighted by atomic mass is 32.2. The van der Waals surface area contributed by atoms with Crippen LogP contribution in [0.1, 0.15) is 18.1 Å². The third kappa shape index (κ3) is 6.89. The number of amides is 2. The molecule has 0 spiro atoms. The maximum absolute atomic E-state index is 12.4. The molecule has 31 heavy (non-hydrogen) atoms. The van der Waals surface area contributed by atoms with Gasteiger partial charge in [0.1, 0.15) is 11.5 Å². The molecule has 0 saturated heterocycles. The smallest absolute Gasteiger partial charge is 0.237 e. The number of rotatable bonds is 8. The van der Waals surface area contributed by atoms with Gasteiger partial charge in [0.05, 0.1) is 11.0 Å². The van der Waals surface area contributed by atoms with Gasteiger partial charge in [-0.1, -0.05) is 24.3 Å². The second-order valence-corrected chi connectivity index (χ2v) is 8.56. The van der Waals surface area contributed by atoms with E-state index in [4.69, 9.17) is 4.74 Å². The highest BCUT2D eigenvalue weighted by Gasteiger charge is 2.16. The number of ether oxygens (including phenoxy) is 1. The number of nitrogens with one attached hydrogen (secondary N) is 2. The van der Waals surface area contributed by atoms with E-state index in [9.17, 15) is 9.59 Å². The molecule has 0 aliphatic carbocycles. The van der Waals surface area contributed by atoms with Crippen molar-refractivity contribution in [1.29, 1.82) is 0 Å². The minimum atomic E-state index is -0.370. The molecule has 1 unspecified atom stereocenters. The predicted molar refractivity (Wildman–Crippen MR) is 128 cm³/mol. The molecule has 6 heteroatoms.